The van der Waals surface area contributed by atoms with Crippen LogP contribution in [0.5, 0.6) is 0 Å². The first kappa shape index (κ1) is 5.69. The van der Waals surface area contributed by atoms with E-state index in [1.807, 2.05) is 0 Å². The number of aliphatic hydroxyl groups is 1. The van der Waals surface area contributed by atoms with Crippen LogP contribution < -0.4 is 0 Å². The molecule has 1 aliphatic rings. The van der Waals surface area contributed by atoms with Gasteiger partial charge in [0.05, 0.1) is 0 Å². The van der Waals surface area contributed by atoms with Gasteiger partial charge in [0, 0.05) is 12.2 Å². The Morgan fingerprint density at radius 1 is 1.62 bits per heavy atom. The Morgan fingerprint density at radius 3 is 2.25 bits per heavy atom. The first-order valence-corrected chi connectivity index (χ1v) is 2.38. The molecule has 1 rings (SSSR count). The Hall–Kier alpha value is -0.440. The summed E-state index contributed by atoms with van der Waals surface area (Å²) in [5.41, 5.74) is 0.0694. The second kappa shape index (κ2) is 1.52. The number of hydrogen-bond donors (Lipinski definition) is 1. The first-order valence-electron chi connectivity index (χ1n) is 2.38. The Bertz CT molecular complexity index is 128. The molecule has 0 aromatic heterocycles. The van der Waals surface area contributed by atoms with Crippen molar-refractivity contribution >= 4 is 0 Å². The second-order valence-corrected chi connectivity index (χ2v) is 1.77. The number of allylic oxidation sites excluding steroid dienone is 1. The molecule has 1 aliphatic carbocycles. The second-order valence-electron chi connectivity index (χ2n) is 1.77. The molecule has 0 unspecified atom stereocenters. The highest BCUT2D eigenvalue weighted by atomic mass is 19.3. The molecule has 0 saturated heterocycles. The summed E-state index contributed by atoms with van der Waals surface area (Å²) in [6.07, 6.45) is 0.982. The number of hydrogen-bond acceptors (Lipinski definition) is 1. The number of alkyl halides is 2. The van der Waals surface area contributed by atoms with E-state index in [-0.39, 0.29) is 18.6 Å². The molecule has 0 aromatic rings. The highest BCUT2D eigenvalue weighted by Crippen LogP contribution is 2.41. The summed E-state index contributed by atoms with van der Waals surface area (Å²) in [6.45, 7) is -0.179. The lowest BCUT2D eigenvalue weighted by Gasteiger charge is -1.91. The van der Waals surface area contributed by atoms with E-state index in [1.165, 1.54) is 0 Å². The van der Waals surface area contributed by atoms with Crippen molar-refractivity contribution in [1.29, 1.82) is 0 Å². The highest BCUT2D eigenvalue weighted by molar-refractivity contribution is 5.37. The summed E-state index contributed by atoms with van der Waals surface area (Å²) >= 11 is 0. The Morgan fingerprint density at radius 2 is 2.12 bits per heavy atom. The minimum Gasteiger partial charge on any atom is -0.396 e. The van der Waals surface area contributed by atoms with Crippen LogP contribution in [-0.4, -0.2) is 17.6 Å². The third kappa shape index (κ3) is 0.865. The van der Waals surface area contributed by atoms with Crippen LogP contribution in [0.15, 0.2) is 11.6 Å². The van der Waals surface area contributed by atoms with Gasteiger partial charge in [-0.1, -0.05) is 0 Å². The summed E-state index contributed by atoms with van der Waals surface area (Å²) < 4.78 is 23.6. The van der Waals surface area contributed by atoms with Crippen molar-refractivity contribution in [3.05, 3.63) is 11.6 Å². The Balaban J connectivity index is 2.25. The van der Waals surface area contributed by atoms with E-state index in [0.717, 1.165) is 6.08 Å². The molecule has 1 nitrogen and oxygen atoms in total. The van der Waals surface area contributed by atoms with Gasteiger partial charge >= 0.3 is 0 Å². The first-order chi connectivity index (χ1) is 3.67. The topological polar surface area (TPSA) is 20.2 Å². The molecule has 0 aliphatic heterocycles. The van der Waals surface area contributed by atoms with E-state index < -0.39 is 5.92 Å². The maximum absolute atomic E-state index is 11.8. The van der Waals surface area contributed by atoms with Gasteiger partial charge in [-0.25, -0.2) is 0 Å². The molecule has 0 amide bonds. The largest absolute Gasteiger partial charge is 0.396 e. The summed E-state index contributed by atoms with van der Waals surface area (Å²) in [5.74, 6) is -2.65. The third-order valence-electron chi connectivity index (χ3n) is 1.08. The normalized spacial score (nSPS) is 22.6. The molecule has 0 saturated carbocycles. The smallest absolute Gasteiger partial charge is 0.288 e. The predicted octanol–water partition coefficient (Wildman–Crippen LogP) is 0.944. The van der Waals surface area contributed by atoms with Gasteiger partial charge in [-0.15, -0.1) is 0 Å². The number of rotatable bonds is 2. The summed E-state index contributed by atoms with van der Waals surface area (Å²) in [6, 6.07) is 0. The molecule has 0 atom stereocenters. The minimum absolute atomic E-state index is 0.0694. The summed E-state index contributed by atoms with van der Waals surface area (Å²) in [7, 11) is 0. The average Bonchev–Trinajstić information content (AvgIpc) is 2.15. The predicted molar refractivity (Wildman–Crippen MR) is 24.7 cm³/mol. The molecule has 46 valence electrons. The zero-order valence-electron chi connectivity index (χ0n) is 4.19. The monoisotopic (exact) mass is 120 g/mol. The van der Waals surface area contributed by atoms with Crippen LogP contribution in [-0.2, 0) is 0 Å². The van der Waals surface area contributed by atoms with Gasteiger partial charge in [0.1, 0.15) is 0 Å². The molecule has 1 N–H and O–H groups in total. The fourth-order valence-corrected chi connectivity index (χ4v) is 0.542. The van der Waals surface area contributed by atoms with Gasteiger partial charge in [0.25, 0.3) is 5.92 Å². The zero-order chi connectivity index (χ0) is 6.20. The average molecular weight is 120 g/mol. The van der Waals surface area contributed by atoms with Gasteiger partial charge in [0.15, 0.2) is 0 Å². The quantitative estimate of drug-likeness (QED) is 0.538. The molecule has 0 radical (unpaired) electrons. The van der Waals surface area contributed by atoms with Gasteiger partial charge in [-0.05, 0) is 12.5 Å². The maximum Gasteiger partial charge on any atom is 0.288 e. The van der Waals surface area contributed by atoms with Crippen LogP contribution in [0.4, 0.5) is 8.78 Å². The molecule has 3 heteroatoms. The molecule has 0 bridgehead atoms. The fourth-order valence-electron chi connectivity index (χ4n) is 0.542. The number of aliphatic hydroxyl groups excluding tert-OH is 1. The molecule has 0 heterocycles. The minimum atomic E-state index is -2.65. The van der Waals surface area contributed by atoms with Crippen LogP contribution in [0.1, 0.15) is 6.42 Å². The van der Waals surface area contributed by atoms with Gasteiger partial charge in [-0.2, -0.15) is 8.78 Å². The third-order valence-corrected chi connectivity index (χ3v) is 1.08. The van der Waals surface area contributed by atoms with Crippen molar-refractivity contribution < 1.29 is 13.9 Å². The van der Waals surface area contributed by atoms with Crippen molar-refractivity contribution in [1.82, 2.24) is 0 Å². The van der Waals surface area contributed by atoms with Crippen LogP contribution in [0.25, 0.3) is 0 Å². The van der Waals surface area contributed by atoms with E-state index >= 15 is 0 Å². The molecule has 0 fully saturated rings. The summed E-state index contributed by atoms with van der Waals surface area (Å²) in [5, 5.41) is 8.13. The number of halogens is 2. The van der Waals surface area contributed by atoms with Crippen molar-refractivity contribution in [2.45, 2.75) is 12.3 Å². The molecular formula is C5H6F2O. The lowest BCUT2D eigenvalue weighted by atomic mass is 10.3. The summed E-state index contributed by atoms with van der Waals surface area (Å²) in [4.78, 5) is 0. The van der Waals surface area contributed by atoms with Gasteiger partial charge in [-0.3, -0.25) is 0 Å². The van der Waals surface area contributed by atoms with Crippen molar-refractivity contribution in [2.75, 3.05) is 6.61 Å². The van der Waals surface area contributed by atoms with E-state index in [0.29, 0.717) is 0 Å². The standard InChI is InChI=1S/C5H6F2O/c6-5(7)3-4(5)1-2-8/h3,8H,1-2H2. The molecule has 8 heavy (non-hydrogen) atoms. The zero-order valence-corrected chi connectivity index (χ0v) is 4.19. The van der Waals surface area contributed by atoms with Crippen LogP contribution in [0.3, 0.4) is 0 Å². The van der Waals surface area contributed by atoms with Crippen LogP contribution >= 0.6 is 0 Å². The Kier molecular flexibility index (Phi) is 1.08. The van der Waals surface area contributed by atoms with Crippen molar-refractivity contribution in [2.24, 2.45) is 0 Å². The van der Waals surface area contributed by atoms with Crippen molar-refractivity contribution in [3.63, 3.8) is 0 Å². The Labute approximate surface area is 45.6 Å². The lowest BCUT2D eigenvalue weighted by molar-refractivity contribution is 0.136. The van der Waals surface area contributed by atoms with Gasteiger partial charge in [0.2, 0.25) is 0 Å². The van der Waals surface area contributed by atoms with E-state index in [4.69, 9.17) is 5.11 Å². The molecule has 0 spiro atoms. The lowest BCUT2D eigenvalue weighted by Crippen LogP contribution is -1.95. The molecular weight excluding hydrogens is 114 g/mol. The van der Waals surface area contributed by atoms with Crippen LogP contribution in [0, 0.1) is 0 Å². The fraction of sp³-hybridized carbons (Fsp3) is 0.600. The molecule has 0 aromatic carbocycles. The van der Waals surface area contributed by atoms with Gasteiger partial charge < -0.3 is 5.11 Å². The maximum atomic E-state index is 11.8. The van der Waals surface area contributed by atoms with E-state index in [2.05, 4.69) is 0 Å². The van der Waals surface area contributed by atoms with Crippen molar-refractivity contribution in [3.8, 4) is 0 Å². The SMILES string of the molecule is OCCC1=CC1(F)F. The van der Waals surface area contributed by atoms with E-state index in [9.17, 15) is 8.78 Å². The van der Waals surface area contributed by atoms with E-state index in [1.54, 1.807) is 0 Å². The highest BCUT2D eigenvalue weighted by Gasteiger charge is 2.44. The van der Waals surface area contributed by atoms with Crippen LogP contribution in [0.2, 0.25) is 0 Å².